The molecule has 1 unspecified atom stereocenters. The topological polar surface area (TPSA) is 124 Å². The average Bonchev–Trinajstić information content (AvgIpc) is 2.69. The second kappa shape index (κ2) is 9.57. The molecule has 9 nitrogen and oxygen atoms in total. The van der Waals surface area contributed by atoms with Gasteiger partial charge in [-0.15, -0.1) is 0 Å². The molecule has 2 rings (SSSR count). The fourth-order valence-corrected chi connectivity index (χ4v) is 5.03. The van der Waals surface area contributed by atoms with E-state index in [-0.39, 0.29) is 16.5 Å². The number of hydroxylamine groups is 2. The van der Waals surface area contributed by atoms with E-state index in [1.54, 1.807) is 6.07 Å². The molecule has 0 saturated carbocycles. The molecule has 2 N–H and O–H groups in total. The molecule has 0 radical (unpaired) electrons. The Labute approximate surface area is 167 Å². The maximum atomic E-state index is 13.0. The van der Waals surface area contributed by atoms with Gasteiger partial charge in [-0.05, 0) is 29.8 Å². The fraction of sp³-hybridized carbons (Fsp3) is 0.235. The zero-order chi connectivity index (χ0) is 21.7. The van der Waals surface area contributed by atoms with Gasteiger partial charge in [-0.2, -0.15) is 4.31 Å². The van der Waals surface area contributed by atoms with Crippen molar-refractivity contribution in [3.8, 4) is 0 Å². The lowest BCUT2D eigenvalue weighted by molar-refractivity contribution is -0.168. The Morgan fingerprint density at radius 3 is 2.28 bits per heavy atom. The highest BCUT2D eigenvalue weighted by molar-refractivity contribution is 7.89. The molecule has 0 aliphatic heterocycles. The van der Waals surface area contributed by atoms with Crippen LogP contribution in [-0.4, -0.2) is 53.7 Å². The Kier molecular flexibility index (Phi) is 7.64. The summed E-state index contributed by atoms with van der Waals surface area (Å²) in [4.78, 5) is 21.9. The van der Waals surface area contributed by atoms with Gasteiger partial charge in [0.15, 0.2) is 0 Å². The van der Waals surface area contributed by atoms with Crippen LogP contribution in [0.2, 0.25) is 0 Å². The van der Waals surface area contributed by atoms with Crippen LogP contribution in [0.15, 0.2) is 59.5 Å². The summed E-state index contributed by atoms with van der Waals surface area (Å²) >= 11 is 0. The van der Waals surface area contributed by atoms with Crippen molar-refractivity contribution in [1.82, 2.24) is 9.37 Å². The van der Waals surface area contributed by atoms with Gasteiger partial charge < -0.3 is 9.42 Å². The van der Waals surface area contributed by atoms with Crippen molar-refractivity contribution < 1.29 is 36.8 Å². The van der Waals surface area contributed by atoms with Gasteiger partial charge in [-0.3, -0.25) is 14.6 Å². The summed E-state index contributed by atoms with van der Waals surface area (Å²) in [7, 11) is -7.76. The van der Waals surface area contributed by atoms with E-state index in [0.717, 1.165) is 19.2 Å². The molecular formula is C17H20FN2O7PS. The highest BCUT2D eigenvalue weighted by atomic mass is 32.2. The van der Waals surface area contributed by atoms with E-state index in [9.17, 15) is 32.3 Å². The first-order valence-electron chi connectivity index (χ1n) is 8.21. The van der Waals surface area contributed by atoms with Crippen LogP contribution in [0, 0.1) is 5.82 Å². The van der Waals surface area contributed by atoms with Gasteiger partial charge in [0.2, 0.25) is 10.0 Å². The first-order chi connectivity index (χ1) is 13.5. The van der Waals surface area contributed by atoms with Crippen molar-refractivity contribution in [1.29, 1.82) is 0 Å². The highest BCUT2D eigenvalue weighted by Crippen LogP contribution is 2.42. The largest absolute Gasteiger partial charge is 0.342 e. The number of carbonyl (C=O) groups is 1. The summed E-state index contributed by atoms with van der Waals surface area (Å²) in [5, 5.41) is 10.2. The smallest absolute Gasteiger partial charge is 0.323 e. The van der Waals surface area contributed by atoms with Crippen LogP contribution >= 0.6 is 7.60 Å². The molecule has 0 aliphatic carbocycles. The minimum atomic E-state index is -4.35. The minimum absolute atomic E-state index is 0.202. The van der Waals surface area contributed by atoms with E-state index in [0.29, 0.717) is 9.87 Å². The molecule has 12 heteroatoms. The number of nitrogens with zero attached hydrogens (tertiary/aromatic N) is 2. The molecule has 2 aromatic carbocycles. The summed E-state index contributed by atoms with van der Waals surface area (Å²) in [5.74, 6) is -1.55. The molecule has 29 heavy (non-hydrogen) atoms. The molecule has 0 fully saturated rings. The Morgan fingerprint density at radius 1 is 1.14 bits per heavy atom. The molecule has 0 heterocycles. The van der Waals surface area contributed by atoms with E-state index in [1.165, 1.54) is 36.4 Å². The maximum absolute atomic E-state index is 13.0. The van der Waals surface area contributed by atoms with Crippen molar-refractivity contribution in [2.75, 3.05) is 19.9 Å². The lowest BCUT2D eigenvalue weighted by atomic mass is 10.2. The van der Waals surface area contributed by atoms with Gasteiger partial charge in [-0.1, -0.05) is 30.3 Å². The number of amides is 1. The zero-order valence-electron chi connectivity index (χ0n) is 15.4. The summed E-state index contributed by atoms with van der Waals surface area (Å²) in [6.45, 7) is -1.25. The third kappa shape index (κ3) is 6.43. The SMILES string of the molecule is COP(=O)(O)CN(CC(=O)N(O)Cc1ccc(F)cc1)S(=O)(=O)c1ccccc1. The van der Waals surface area contributed by atoms with Crippen LogP contribution in [0.5, 0.6) is 0 Å². The molecule has 0 aliphatic rings. The molecule has 1 amide bonds. The number of hydrogen-bond acceptors (Lipinski definition) is 6. The van der Waals surface area contributed by atoms with Crippen LogP contribution in [0.1, 0.15) is 5.56 Å². The normalized spacial score (nSPS) is 13.8. The van der Waals surface area contributed by atoms with Gasteiger partial charge in [0.05, 0.1) is 18.0 Å². The molecule has 1 atom stereocenters. The molecule has 0 spiro atoms. The standard InChI is InChI=1S/C17H20FN2O7PS/c1-27-28(23,24)13-19(29(25,26)16-5-3-2-4-6-16)12-17(21)20(22)11-14-7-9-15(18)10-8-14/h2-10,22H,11-13H2,1H3,(H,23,24). The van der Waals surface area contributed by atoms with Crippen LogP contribution in [0.25, 0.3) is 0 Å². The summed E-state index contributed by atoms with van der Waals surface area (Å²) < 4.78 is 55.4. The summed E-state index contributed by atoms with van der Waals surface area (Å²) in [5.41, 5.74) is 0.393. The lowest BCUT2D eigenvalue weighted by Crippen LogP contribution is -2.42. The van der Waals surface area contributed by atoms with Gasteiger partial charge in [-0.25, -0.2) is 17.9 Å². The number of halogens is 1. The van der Waals surface area contributed by atoms with Gasteiger partial charge >= 0.3 is 7.60 Å². The average molecular weight is 446 g/mol. The van der Waals surface area contributed by atoms with Crippen molar-refractivity contribution in [2.45, 2.75) is 11.4 Å². The molecule has 0 aromatic heterocycles. The van der Waals surface area contributed by atoms with Gasteiger partial charge in [0, 0.05) is 7.11 Å². The minimum Gasteiger partial charge on any atom is -0.323 e. The van der Waals surface area contributed by atoms with Crippen molar-refractivity contribution in [2.24, 2.45) is 0 Å². The van der Waals surface area contributed by atoms with E-state index in [1.807, 2.05) is 0 Å². The van der Waals surface area contributed by atoms with Crippen molar-refractivity contribution >= 4 is 23.5 Å². The van der Waals surface area contributed by atoms with E-state index in [4.69, 9.17) is 0 Å². The first-order valence-corrected chi connectivity index (χ1v) is 11.4. The van der Waals surface area contributed by atoms with E-state index in [2.05, 4.69) is 4.52 Å². The Morgan fingerprint density at radius 2 is 1.72 bits per heavy atom. The van der Waals surface area contributed by atoms with E-state index < -0.39 is 42.2 Å². The number of rotatable bonds is 9. The molecule has 0 saturated heterocycles. The fourth-order valence-electron chi connectivity index (χ4n) is 2.29. The predicted molar refractivity (Wildman–Crippen MR) is 101 cm³/mol. The van der Waals surface area contributed by atoms with E-state index >= 15 is 0 Å². The monoisotopic (exact) mass is 446 g/mol. The Hall–Kier alpha value is -2.14. The molecule has 0 bridgehead atoms. The van der Waals surface area contributed by atoms with Gasteiger partial charge in [0.25, 0.3) is 5.91 Å². The zero-order valence-corrected chi connectivity index (χ0v) is 17.1. The molecule has 158 valence electrons. The predicted octanol–water partition coefficient (Wildman–Crippen LogP) is 2.02. The third-order valence-corrected chi connectivity index (χ3v) is 7.11. The maximum Gasteiger partial charge on any atom is 0.342 e. The third-order valence-electron chi connectivity index (χ3n) is 3.85. The number of hydrogen-bond donors (Lipinski definition) is 2. The molecule has 2 aromatic rings. The van der Waals surface area contributed by atoms with Crippen molar-refractivity contribution in [3.05, 3.63) is 66.0 Å². The highest BCUT2D eigenvalue weighted by Gasteiger charge is 2.34. The summed E-state index contributed by atoms with van der Waals surface area (Å²) in [6, 6.07) is 12.0. The second-order valence-corrected chi connectivity index (χ2v) is 9.83. The first kappa shape index (κ1) is 23.1. The Balaban J connectivity index is 2.23. The number of carbonyl (C=O) groups excluding carboxylic acids is 1. The van der Waals surface area contributed by atoms with Gasteiger partial charge in [0.1, 0.15) is 12.1 Å². The van der Waals surface area contributed by atoms with Crippen LogP contribution < -0.4 is 0 Å². The quantitative estimate of drug-likeness (QED) is 0.343. The van der Waals surface area contributed by atoms with Crippen LogP contribution in [-0.2, 0) is 30.5 Å². The Bertz CT molecular complexity index is 987. The summed E-state index contributed by atoms with van der Waals surface area (Å²) in [6.07, 6.45) is -0.989. The number of benzene rings is 2. The van der Waals surface area contributed by atoms with Crippen molar-refractivity contribution in [3.63, 3.8) is 0 Å². The second-order valence-electron chi connectivity index (χ2n) is 5.97. The number of sulfonamides is 1. The lowest BCUT2D eigenvalue weighted by Gasteiger charge is -2.25. The molecular weight excluding hydrogens is 426 g/mol. The van der Waals surface area contributed by atoms with Crippen LogP contribution in [0.3, 0.4) is 0 Å². The van der Waals surface area contributed by atoms with Crippen LogP contribution in [0.4, 0.5) is 4.39 Å².